The van der Waals surface area contributed by atoms with Crippen LogP contribution < -0.4 is 0 Å². The maximum Gasteiger partial charge on any atom is 0.337 e. The smallest absolute Gasteiger partial charge is 0.337 e. The number of nitrogens with zero attached hydrogens (tertiary/aromatic N) is 2. The minimum atomic E-state index is -4.01. The Hall–Kier alpha value is -1.58. The molecule has 116 valence electrons. The largest absolute Gasteiger partial charge is 0.479 e. The van der Waals surface area contributed by atoms with Crippen molar-refractivity contribution in [3.05, 3.63) is 24.3 Å². The zero-order chi connectivity index (χ0) is 15.7. The normalized spacial score (nSPS) is 23.9. The van der Waals surface area contributed by atoms with Crippen LogP contribution in [0, 0.1) is 5.82 Å². The van der Waals surface area contributed by atoms with Crippen LogP contribution in [-0.2, 0) is 19.6 Å². The number of pyridine rings is 1. The van der Waals surface area contributed by atoms with Crippen molar-refractivity contribution in [1.29, 1.82) is 0 Å². The first-order chi connectivity index (χ1) is 9.82. The van der Waals surface area contributed by atoms with Gasteiger partial charge in [0.25, 0.3) is 0 Å². The standard InChI is InChI=1S/C12H15FN2O5S/c1-20-12(11(16)17)3-2-4-15(8-12)21(18,19)10-5-9(13)6-14-7-10/h5-7H,2-4,8H2,1H3,(H,16,17). The highest BCUT2D eigenvalue weighted by Gasteiger charge is 2.46. The molecule has 0 aliphatic carbocycles. The third-order valence-electron chi connectivity index (χ3n) is 3.52. The summed E-state index contributed by atoms with van der Waals surface area (Å²) in [5.74, 6) is -1.99. The van der Waals surface area contributed by atoms with E-state index in [0.29, 0.717) is 6.42 Å². The van der Waals surface area contributed by atoms with Crippen molar-refractivity contribution >= 4 is 16.0 Å². The summed E-state index contributed by atoms with van der Waals surface area (Å²) in [4.78, 5) is 14.6. The molecule has 0 saturated carbocycles. The van der Waals surface area contributed by atoms with Crippen LogP contribution in [-0.4, -0.2) is 54.6 Å². The molecular formula is C12H15FN2O5S. The van der Waals surface area contributed by atoms with Crippen LogP contribution >= 0.6 is 0 Å². The average molecular weight is 318 g/mol. The highest BCUT2D eigenvalue weighted by Crippen LogP contribution is 2.29. The Morgan fingerprint density at radius 2 is 2.24 bits per heavy atom. The van der Waals surface area contributed by atoms with Gasteiger partial charge in [0.05, 0.1) is 12.7 Å². The number of methoxy groups -OCH3 is 1. The van der Waals surface area contributed by atoms with E-state index in [9.17, 15) is 22.7 Å². The lowest BCUT2D eigenvalue weighted by molar-refractivity contribution is -0.166. The molecule has 1 aromatic rings. The first kappa shape index (κ1) is 15.8. The van der Waals surface area contributed by atoms with Crippen molar-refractivity contribution < 1.29 is 27.4 Å². The molecule has 1 unspecified atom stereocenters. The third-order valence-corrected chi connectivity index (χ3v) is 5.33. The zero-order valence-corrected chi connectivity index (χ0v) is 12.1. The lowest BCUT2D eigenvalue weighted by atomic mass is 9.94. The fraction of sp³-hybridized carbons (Fsp3) is 0.500. The van der Waals surface area contributed by atoms with Crippen molar-refractivity contribution in [2.75, 3.05) is 20.2 Å². The number of ether oxygens (including phenoxy) is 1. The Morgan fingerprint density at radius 1 is 1.52 bits per heavy atom. The average Bonchev–Trinajstić information content (AvgIpc) is 2.47. The van der Waals surface area contributed by atoms with Crippen LogP contribution in [0.1, 0.15) is 12.8 Å². The number of sulfonamides is 1. The van der Waals surface area contributed by atoms with Crippen LogP contribution in [0.5, 0.6) is 0 Å². The van der Waals surface area contributed by atoms with E-state index in [2.05, 4.69) is 4.98 Å². The molecular weight excluding hydrogens is 303 g/mol. The highest BCUT2D eigenvalue weighted by atomic mass is 32.2. The third kappa shape index (κ3) is 2.89. The molecule has 0 amide bonds. The quantitative estimate of drug-likeness (QED) is 0.867. The highest BCUT2D eigenvalue weighted by molar-refractivity contribution is 7.89. The summed E-state index contributed by atoms with van der Waals surface area (Å²) in [5.41, 5.74) is -1.58. The number of rotatable bonds is 4. The van der Waals surface area contributed by atoms with E-state index in [1.54, 1.807) is 0 Å². The minimum Gasteiger partial charge on any atom is -0.479 e. The number of carbonyl (C=O) groups is 1. The van der Waals surface area contributed by atoms with Gasteiger partial charge in [0.15, 0.2) is 5.60 Å². The number of hydrogen-bond donors (Lipinski definition) is 1. The first-order valence-corrected chi connectivity index (χ1v) is 7.65. The molecule has 21 heavy (non-hydrogen) atoms. The molecule has 0 spiro atoms. The van der Waals surface area contributed by atoms with Gasteiger partial charge in [-0.2, -0.15) is 4.31 Å². The van der Waals surface area contributed by atoms with Gasteiger partial charge in [-0.05, 0) is 18.9 Å². The molecule has 0 bridgehead atoms. The molecule has 2 rings (SSSR count). The van der Waals surface area contributed by atoms with Gasteiger partial charge >= 0.3 is 5.97 Å². The summed E-state index contributed by atoms with van der Waals surface area (Å²) in [5, 5.41) is 9.27. The van der Waals surface area contributed by atoms with Crippen molar-refractivity contribution in [1.82, 2.24) is 9.29 Å². The second-order valence-corrected chi connectivity index (χ2v) is 6.72. The van der Waals surface area contributed by atoms with Crippen molar-refractivity contribution in [2.45, 2.75) is 23.3 Å². The molecule has 1 N–H and O–H groups in total. The summed E-state index contributed by atoms with van der Waals surface area (Å²) in [6.07, 6.45) is 2.47. The second-order valence-electron chi connectivity index (χ2n) is 4.78. The molecule has 1 aliphatic rings. The molecule has 1 aliphatic heterocycles. The van der Waals surface area contributed by atoms with E-state index in [1.807, 2.05) is 0 Å². The van der Waals surface area contributed by atoms with E-state index < -0.39 is 27.4 Å². The van der Waals surface area contributed by atoms with Gasteiger partial charge < -0.3 is 9.84 Å². The summed E-state index contributed by atoms with van der Waals surface area (Å²) in [6.45, 7) is -0.172. The Morgan fingerprint density at radius 3 is 2.81 bits per heavy atom. The topological polar surface area (TPSA) is 96.8 Å². The van der Waals surface area contributed by atoms with Crippen molar-refractivity contribution in [2.24, 2.45) is 0 Å². The summed E-state index contributed by atoms with van der Waals surface area (Å²) in [7, 11) is -2.78. The Bertz CT molecular complexity index is 651. The fourth-order valence-corrected chi connectivity index (χ4v) is 3.80. The van der Waals surface area contributed by atoms with Crippen molar-refractivity contribution in [3.8, 4) is 0 Å². The number of aromatic nitrogens is 1. The van der Waals surface area contributed by atoms with Crippen LogP contribution in [0.4, 0.5) is 4.39 Å². The van der Waals surface area contributed by atoms with Crippen molar-refractivity contribution in [3.63, 3.8) is 0 Å². The monoisotopic (exact) mass is 318 g/mol. The molecule has 1 fully saturated rings. The van der Waals surface area contributed by atoms with Gasteiger partial charge in [-0.25, -0.2) is 17.6 Å². The molecule has 1 saturated heterocycles. The number of piperidine rings is 1. The van der Waals surface area contributed by atoms with Gasteiger partial charge in [0.1, 0.15) is 10.7 Å². The predicted octanol–water partition coefficient (Wildman–Crippen LogP) is 0.475. The second kappa shape index (κ2) is 5.66. The lowest BCUT2D eigenvalue weighted by Gasteiger charge is -2.37. The number of halogens is 1. The zero-order valence-electron chi connectivity index (χ0n) is 11.3. The SMILES string of the molecule is COC1(C(=O)O)CCCN(S(=O)(=O)c2cncc(F)c2)C1. The van der Waals surface area contributed by atoms with E-state index in [4.69, 9.17) is 4.74 Å². The maximum atomic E-state index is 13.1. The van der Waals surface area contributed by atoms with Crippen LogP contribution in [0.3, 0.4) is 0 Å². The molecule has 7 nitrogen and oxygen atoms in total. The first-order valence-electron chi connectivity index (χ1n) is 6.21. The van der Waals surface area contributed by atoms with Crippen LogP contribution in [0.25, 0.3) is 0 Å². The Balaban J connectivity index is 2.35. The predicted molar refractivity (Wildman–Crippen MR) is 69.6 cm³/mol. The molecule has 0 aromatic carbocycles. The summed E-state index contributed by atoms with van der Waals surface area (Å²) < 4.78 is 44.0. The molecule has 0 radical (unpaired) electrons. The van der Waals surface area contributed by atoms with Gasteiger partial charge in [-0.1, -0.05) is 0 Å². The number of aliphatic carboxylic acids is 1. The van der Waals surface area contributed by atoms with Gasteiger partial charge in [0, 0.05) is 19.9 Å². The number of hydrogen-bond acceptors (Lipinski definition) is 5. The summed E-state index contributed by atoms with van der Waals surface area (Å²) in [6, 6.07) is 0.853. The van der Waals surface area contributed by atoms with E-state index in [1.165, 1.54) is 7.11 Å². The number of carboxylic acid groups (broad SMARTS) is 1. The molecule has 1 aromatic heterocycles. The molecule has 1 atom stereocenters. The minimum absolute atomic E-state index is 0.150. The van der Waals surface area contributed by atoms with Gasteiger partial charge in [-0.3, -0.25) is 4.98 Å². The van der Waals surface area contributed by atoms with E-state index in [-0.39, 0.29) is 24.4 Å². The number of carboxylic acids is 1. The maximum absolute atomic E-state index is 13.1. The van der Waals surface area contributed by atoms with E-state index >= 15 is 0 Å². The molecule has 2 heterocycles. The van der Waals surface area contributed by atoms with Crippen LogP contribution in [0.15, 0.2) is 23.4 Å². The molecule has 9 heteroatoms. The Kier molecular flexibility index (Phi) is 4.26. The fourth-order valence-electron chi connectivity index (χ4n) is 2.30. The Labute approximate surface area is 121 Å². The van der Waals surface area contributed by atoms with Gasteiger partial charge in [-0.15, -0.1) is 0 Å². The summed E-state index contributed by atoms with van der Waals surface area (Å²) >= 11 is 0. The van der Waals surface area contributed by atoms with Gasteiger partial charge in [0.2, 0.25) is 10.0 Å². The lowest BCUT2D eigenvalue weighted by Crippen LogP contribution is -2.55. The van der Waals surface area contributed by atoms with Crippen LogP contribution in [0.2, 0.25) is 0 Å². The van der Waals surface area contributed by atoms with E-state index in [0.717, 1.165) is 22.8 Å².